The maximum Gasteiger partial charge on any atom is 0.238 e. The summed E-state index contributed by atoms with van der Waals surface area (Å²) in [6.07, 6.45) is 1.64. The van der Waals surface area contributed by atoms with Crippen molar-refractivity contribution in [2.45, 2.75) is 11.7 Å². The van der Waals surface area contributed by atoms with Crippen molar-refractivity contribution in [1.29, 1.82) is 0 Å². The molecule has 2 N–H and O–H groups in total. The Morgan fingerprint density at radius 2 is 1.97 bits per heavy atom. The average Bonchev–Trinajstić information content (AvgIpc) is 2.69. The number of rotatable bonds is 5. The Morgan fingerprint density at radius 1 is 1.24 bits per heavy atom. The number of carbonyl (C=O) groups excluding carboxylic acids is 2. The van der Waals surface area contributed by atoms with Crippen molar-refractivity contribution >= 4 is 57.9 Å². The molecule has 1 aliphatic rings. The third-order valence-corrected chi connectivity index (χ3v) is 5.46. The fourth-order valence-electron chi connectivity index (χ4n) is 2.52. The van der Waals surface area contributed by atoms with E-state index in [-0.39, 0.29) is 23.4 Å². The van der Waals surface area contributed by atoms with Crippen molar-refractivity contribution in [3.63, 3.8) is 0 Å². The van der Waals surface area contributed by atoms with E-state index in [0.29, 0.717) is 10.7 Å². The number of nitrogens with one attached hydrogen (secondary N) is 2. The summed E-state index contributed by atoms with van der Waals surface area (Å²) >= 11 is 7.22. The number of thioether (sulfide) groups is 1. The lowest BCUT2D eigenvalue weighted by atomic mass is 10.2. The summed E-state index contributed by atoms with van der Waals surface area (Å²) in [5, 5.41) is 13.6. The van der Waals surface area contributed by atoms with Crippen molar-refractivity contribution in [3.05, 3.63) is 59.1 Å². The fourth-order valence-corrected chi connectivity index (χ4v) is 3.64. The number of carbonyl (C=O) groups is 2. The topological polar surface area (TPSA) is 86.2 Å². The highest BCUT2D eigenvalue weighted by Crippen LogP contribution is 2.25. The van der Waals surface area contributed by atoms with Crippen LogP contribution in [0.3, 0.4) is 0 Å². The van der Waals surface area contributed by atoms with Gasteiger partial charge in [0.05, 0.1) is 16.9 Å². The molecule has 2 amide bonds. The summed E-state index contributed by atoms with van der Waals surface area (Å²) in [5.41, 5.74) is 2.46. The number of hydrogen-bond acceptors (Lipinski definition) is 6. The first-order valence-corrected chi connectivity index (χ1v) is 10.1. The number of nitrogens with zero attached hydrogens (tertiary/aromatic N) is 3. The van der Waals surface area contributed by atoms with Crippen LogP contribution >= 0.6 is 23.4 Å². The highest BCUT2D eigenvalue weighted by atomic mass is 35.5. The summed E-state index contributed by atoms with van der Waals surface area (Å²) in [7, 11) is 3.94. The van der Waals surface area contributed by atoms with Gasteiger partial charge in [0, 0.05) is 26.2 Å². The van der Waals surface area contributed by atoms with Gasteiger partial charge in [0.1, 0.15) is 5.25 Å². The Bertz CT molecular complexity index is 960. The molecule has 0 bridgehead atoms. The van der Waals surface area contributed by atoms with Crippen molar-refractivity contribution < 1.29 is 9.59 Å². The maximum absolute atomic E-state index is 12.5. The van der Waals surface area contributed by atoms with E-state index in [4.69, 9.17) is 11.6 Å². The summed E-state index contributed by atoms with van der Waals surface area (Å²) in [4.78, 5) is 26.5. The lowest BCUT2D eigenvalue weighted by Crippen LogP contribution is -2.41. The van der Waals surface area contributed by atoms with Crippen LogP contribution in [0.1, 0.15) is 12.0 Å². The monoisotopic (exact) mass is 429 g/mol. The zero-order valence-corrected chi connectivity index (χ0v) is 17.5. The predicted octanol–water partition coefficient (Wildman–Crippen LogP) is 3.36. The molecule has 3 rings (SSSR count). The highest BCUT2D eigenvalue weighted by Gasteiger charge is 2.30. The molecule has 2 aromatic carbocycles. The van der Waals surface area contributed by atoms with Crippen molar-refractivity contribution in [3.8, 4) is 0 Å². The normalized spacial score (nSPS) is 18.0. The molecule has 29 heavy (non-hydrogen) atoms. The summed E-state index contributed by atoms with van der Waals surface area (Å²) < 4.78 is 0. The van der Waals surface area contributed by atoms with Gasteiger partial charge in [-0.25, -0.2) is 0 Å². The quantitative estimate of drug-likeness (QED) is 0.563. The molecule has 1 fully saturated rings. The standard InChI is InChI=1S/C20H20ClN5O2S/c1-26(2)14-9-7-13(8-10-14)12-22-25-20-24-18(27)11-17(29-20)19(28)23-16-6-4-3-5-15(16)21/h3-10,12,17H,11H2,1-2H3,(H,23,28)(H,24,25,27)/b22-12+. The largest absolute Gasteiger partial charge is 0.378 e. The second-order valence-corrected chi connectivity index (χ2v) is 8.06. The van der Waals surface area contributed by atoms with Crippen molar-refractivity contribution in [2.24, 2.45) is 10.2 Å². The molecule has 1 unspecified atom stereocenters. The molecule has 1 heterocycles. The molecule has 150 valence electrons. The first kappa shape index (κ1) is 20.9. The molecule has 0 radical (unpaired) electrons. The van der Waals surface area contributed by atoms with Gasteiger partial charge >= 0.3 is 0 Å². The predicted molar refractivity (Wildman–Crippen MR) is 120 cm³/mol. The van der Waals surface area contributed by atoms with Crippen LogP contribution in [0, 0.1) is 0 Å². The maximum atomic E-state index is 12.5. The van der Waals surface area contributed by atoms with Gasteiger partial charge in [-0.2, -0.15) is 5.10 Å². The zero-order chi connectivity index (χ0) is 20.8. The Morgan fingerprint density at radius 3 is 2.66 bits per heavy atom. The summed E-state index contributed by atoms with van der Waals surface area (Å²) in [6, 6.07) is 14.7. The first-order chi connectivity index (χ1) is 13.9. The summed E-state index contributed by atoms with van der Waals surface area (Å²) in [6.45, 7) is 0. The molecule has 2 aromatic rings. The van der Waals surface area contributed by atoms with E-state index in [1.54, 1.807) is 30.5 Å². The van der Waals surface area contributed by atoms with Crippen molar-refractivity contribution in [1.82, 2.24) is 5.32 Å². The molecular formula is C20H20ClN5O2S. The Kier molecular flexibility index (Phi) is 6.90. The van der Waals surface area contributed by atoms with Crippen LogP contribution in [0.4, 0.5) is 11.4 Å². The van der Waals surface area contributed by atoms with Crippen LogP contribution < -0.4 is 15.5 Å². The minimum Gasteiger partial charge on any atom is -0.378 e. The molecule has 0 aliphatic carbocycles. The lowest BCUT2D eigenvalue weighted by molar-refractivity contribution is -0.123. The third-order valence-electron chi connectivity index (χ3n) is 4.06. The van der Waals surface area contributed by atoms with Crippen molar-refractivity contribution in [2.75, 3.05) is 24.3 Å². The van der Waals surface area contributed by atoms with Crippen LogP contribution in [0.2, 0.25) is 5.02 Å². The van der Waals surface area contributed by atoms with E-state index in [2.05, 4.69) is 20.8 Å². The van der Waals surface area contributed by atoms with E-state index >= 15 is 0 Å². The SMILES string of the molecule is CN(C)c1ccc(/C=N/N=C2/NC(=O)CC(C(=O)Nc3ccccc3Cl)S2)cc1. The first-order valence-electron chi connectivity index (χ1n) is 8.82. The molecular weight excluding hydrogens is 410 g/mol. The van der Waals surface area contributed by atoms with Crippen LogP contribution in [-0.4, -0.2) is 42.5 Å². The third kappa shape index (κ3) is 5.82. The van der Waals surface area contributed by atoms with Gasteiger partial charge in [0.2, 0.25) is 11.8 Å². The van der Waals surface area contributed by atoms with Crippen LogP contribution in [0.25, 0.3) is 0 Å². The fraction of sp³-hybridized carbons (Fsp3) is 0.200. The van der Waals surface area contributed by atoms with E-state index in [1.165, 1.54) is 0 Å². The molecule has 7 nitrogen and oxygen atoms in total. The van der Waals surface area contributed by atoms with Gasteiger partial charge in [0.25, 0.3) is 0 Å². The molecule has 0 aromatic heterocycles. The van der Waals surface area contributed by atoms with Gasteiger partial charge in [-0.1, -0.05) is 47.6 Å². The molecule has 0 saturated carbocycles. The number of para-hydroxylation sites is 1. The Labute approximate surface area is 178 Å². The molecule has 1 aliphatic heterocycles. The zero-order valence-electron chi connectivity index (χ0n) is 15.9. The van der Waals surface area contributed by atoms with E-state index in [0.717, 1.165) is 23.0 Å². The van der Waals surface area contributed by atoms with Gasteiger partial charge in [-0.15, -0.1) is 5.10 Å². The smallest absolute Gasteiger partial charge is 0.238 e. The minimum atomic E-state index is -0.617. The van der Waals surface area contributed by atoms with Gasteiger partial charge < -0.3 is 15.5 Å². The van der Waals surface area contributed by atoms with E-state index < -0.39 is 5.25 Å². The number of benzene rings is 2. The van der Waals surface area contributed by atoms with Gasteiger partial charge in [-0.05, 0) is 29.8 Å². The van der Waals surface area contributed by atoms with Crippen LogP contribution in [-0.2, 0) is 9.59 Å². The highest BCUT2D eigenvalue weighted by molar-refractivity contribution is 8.15. The summed E-state index contributed by atoms with van der Waals surface area (Å²) in [5.74, 6) is -0.596. The van der Waals surface area contributed by atoms with Gasteiger partial charge in [-0.3, -0.25) is 9.59 Å². The molecule has 0 spiro atoms. The van der Waals surface area contributed by atoms with Crippen LogP contribution in [0.5, 0.6) is 0 Å². The molecule has 9 heteroatoms. The Hall–Kier alpha value is -2.84. The number of hydrogen-bond donors (Lipinski definition) is 2. The number of halogens is 1. The van der Waals surface area contributed by atoms with E-state index in [1.807, 2.05) is 43.3 Å². The van der Waals surface area contributed by atoms with Crippen LogP contribution in [0.15, 0.2) is 58.7 Å². The molecule has 1 saturated heterocycles. The number of amides is 2. The number of amidine groups is 1. The van der Waals surface area contributed by atoms with E-state index in [9.17, 15) is 9.59 Å². The minimum absolute atomic E-state index is 0.0513. The second-order valence-electron chi connectivity index (χ2n) is 6.46. The molecule has 1 atom stereocenters. The lowest BCUT2D eigenvalue weighted by Gasteiger charge is -2.21. The number of anilines is 2. The second kappa shape index (κ2) is 9.58. The average molecular weight is 430 g/mol. The Balaban J connectivity index is 1.64. The van der Waals surface area contributed by atoms with Gasteiger partial charge in [0.15, 0.2) is 5.17 Å².